The van der Waals surface area contributed by atoms with Crippen molar-refractivity contribution in [3.63, 3.8) is 0 Å². The number of allylic oxidation sites excluding steroid dienone is 1. The number of fused-ring (bicyclic) bond motifs is 1. The summed E-state index contributed by atoms with van der Waals surface area (Å²) in [5, 5.41) is 3.15. The quantitative estimate of drug-likeness (QED) is 0.829. The number of ketones is 1. The average molecular weight is 267 g/mol. The summed E-state index contributed by atoms with van der Waals surface area (Å²) in [4.78, 5) is 12.5. The van der Waals surface area contributed by atoms with E-state index in [9.17, 15) is 9.18 Å². The smallest absolute Gasteiger partial charge is 0.191 e. The highest BCUT2D eigenvalue weighted by Gasteiger charge is 2.24. The van der Waals surface area contributed by atoms with Crippen molar-refractivity contribution in [2.75, 3.05) is 5.32 Å². The summed E-state index contributed by atoms with van der Waals surface area (Å²) in [5.41, 5.74) is 3.32. The first kappa shape index (κ1) is 12.6. The van der Waals surface area contributed by atoms with Gasteiger partial charge in [0.2, 0.25) is 0 Å². The van der Waals surface area contributed by atoms with Gasteiger partial charge in [-0.05, 0) is 35.9 Å². The molecule has 3 rings (SSSR count). The van der Waals surface area contributed by atoms with Crippen LogP contribution in [-0.2, 0) is 0 Å². The molecule has 2 aromatic carbocycles. The van der Waals surface area contributed by atoms with Gasteiger partial charge in [-0.1, -0.05) is 25.1 Å². The predicted octanol–water partition coefficient (Wildman–Crippen LogP) is 4.12. The van der Waals surface area contributed by atoms with E-state index >= 15 is 0 Å². The Kier molecular flexibility index (Phi) is 3.11. The molecule has 100 valence electrons. The molecule has 0 fully saturated rings. The molecule has 3 heteroatoms. The maximum Gasteiger partial charge on any atom is 0.191 e. The van der Waals surface area contributed by atoms with Gasteiger partial charge in [0, 0.05) is 28.9 Å². The molecule has 0 aliphatic carbocycles. The van der Waals surface area contributed by atoms with Crippen LogP contribution in [0.5, 0.6) is 0 Å². The van der Waals surface area contributed by atoms with Crippen LogP contribution >= 0.6 is 0 Å². The first-order valence-corrected chi connectivity index (χ1v) is 6.52. The number of benzene rings is 2. The molecular formula is C17H14FNO. The molecule has 1 unspecified atom stereocenters. The van der Waals surface area contributed by atoms with Crippen molar-refractivity contribution in [1.82, 2.24) is 0 Å². The molecule has 0 bridgehead atoms. The van der Waals surface area contributed by atoms with E-state index in [0.29, 0.717) is 11.1 Å². The highest BCUT2D eigenvalue weighted by molar-refractivity contribution is 6.10. The molecule has 1 heterocycles. The van der Waals surface area contributed by atoms with Gasteiger partial charge in [0.15, 0.2) is 5.78 Å². The number of Topliss-reactive ketones (excluding diaryl/α,β-unsaturated/α-hetero) is 1. The number of halogens is 1. The fraction of sp³-hybridized carbons (Fsp3) is 0.118. The Morgan fingerprint density at radius 1 is 1.10 bits per heavy atom. The zero-order chi connectivity index (χ0) is 14.1. The highest BCUT2D eigenvalue weighted by atomic mass is 19.1. The molecule has 1 aliphatic rings. The van der Waals surface area contributed by atoms with E-state index < -0.39 is 0 Å². The van der Waals surface area contributed by atoms with Crippen LogP contribution in [0.3, 0.4) is 0 Å². The van der Waals surface area contributed by atoms with Gasteiger partial charge in [-0.2, -0.15) is 0 Å². The predicted molar refractivity (Wildman–Crippen MR) is 77.3 cm³/mol. The number of hydrogen-bond acceptors (Lipinski definition) is 2. The van der Waals surface area contributed by atoms with Gasteiger partial charge in [0.25, 0.3) is 0 Å². The Labute approximate surface area is 116 Å². The monoisotopic (exact) mass is 267 g/mol. The molecule has 2 aromatic rings. The Balaban J connectivity index is 1.94. The molecule has 0 amide bonds. The lowest BCUT2D eigenvalue weighted by Crippen LogP contribution is -2.16. The van der Waals surface area contributed by atoms with E-state index in [1.165, 1.54) is 24.3 Å². The summed E-state index contributed by atoms with van der Waals surface area (Å²) in [5.74, 6) is -0.389. The van der Waals surface area contributed by atoms with Crippen molar-refractivity contribution in [1.29, 1.82) is 0 Å². The first-order valence-electron chi connectivity index (χ1n) is 6.52. The minimum Gasteiger partial charge on any atom is -0.361 e. The summed E-state index contributed by atoms with van der Waals surface area (Å²) < 4.78 is 12.9. The standard InChI is InChI=1S/C17H14FNO/c1-11-14-4-2-3-5-16(14)19-10-15(11)17(20)12-6-8-13(18)9-7-12/h2-11,19H,1H3. The van der Waals surface area contributed by atoms with Crippen LogP contribution < -0.4 is 5.32 Å². The molecule has 0 radical (unpaired) electrons. The van der Waals surface area contributed by atoms with Gasteiger partial charge in [-0.15, -0.1) is 0 Å². The Bertz CT molecular complexity index is 688. The number of carbonyl (C=O) groups is 1. The Morgan fingerprint density at radius 2 is 1.80 bits per heavy atom. The lowest BCUT2D eigenvalue weighted by Gasteiger charge is -2.24. The molecule has 0 saturated heterocycles. The summed E-state index contributed by atoms with van der Waals surface area (Å²) in [7, 11) is 0. The molecule has 1 N–H and O–H groups in total. The summed E-state index contributed by atoms with van der Waals surface area (Å²) in [6.07, 6.45) is 1.75. The molecule has 1 aliphatic heterocycles. The number of rotatable bonds is 2. The lowest BCUT2D eigenvalue weighted by molar-refractivity contribution is 0.102. The normalized spacial score (nSPS) is 16.9. The zero-order valence-electron chi connectivity index (χ0n) is 11.1. The van der Waals surface area contributed by atoms with Gasteiger partial charge in [0.05, 0.1) is 0 Å². The summed E-state index contributed by atoms with van der Waals surface area (Å²) >= 11 is 0. The molecular weight excluding hydrogens is 253 g/mol. The van der Waals surface area contributed by atoms with Crippen molar-refractivity contribution in [3.8, 4) is 0 Å². The van der Waals surface area contributed by atoms with Crippen LogP contribution in [0.4, 0.5) is 10.1 Å². The fourth-order valence-corrected chi connectivity index (χ4v) is 2.48. The van der Waals surface area contributed by atoms with Crippen LogP contribution in [0.25, 0.3) is 0 Å². The van der Waals surface area contributed by atoms with Gasteiger partial charge in [0.1, 0.15) is 5.82 Å². The molecule has 0 spiro atoms. The maximum atomic E-state index is 12.9. The second-order valence-electron chi connectivity index (χ2n) is 4.89. The van der Waals surface area contributed by atoms with Crippen LogP contribution in [0.1, 0.15) is 28.8 Å². The van der Waals surface area contributed by atoms with Gasteiger partial charge in [-0.3, -0.25) is 4.79 Å². The Hall–Kier alpha value is -2.42. The second kappa shape index (κ2) is 4.93. The maximum absolute atomic E-state index is 12.9. The van der Waals surface area contributed by atoms with E-state index in [-0.39, 0.29) is 17.5 Å². The SMILES string of the molecule is CC1C(C(=O)c2ccc(F)cc2)=CNc2ccccc21. The average Bonchev–Trinajstić information content (AvgIpc) is 2.48. The molecule has 20 heavy (non-hydrogen) atoms. The number of hydrogen-bond donors (Lipinski definition) is 1. The number of para-hydroxylation sites is 1. The fourth-order valence-electron chi connectivity index (χ4n) is 2.48. The zero-order valence-corrected chi connectivity index (χ0v) is 11.1. The third-order valence-corrected chi connectivity index (χ3v) is 3.65. The van der Waals surface area contributed by atoms with Gasteiger partial charge >= 0.3 is 0 Å². The van der Waals surface area contributed by atoms with E-state index in [1.807, 2.05) is 31.2 Å². The van der Waals surface area contributed by atoms with E-state index in [2.05, 4.69) is 5.32 Å². The molecule has 2 nitrogen and oxygen atoms in total. The molecule has 1 atom stereocenters. The number of anilines is 1. The van der Waals surface area contributed by atoms with Crippen LogP contribution in [0.2, 0.25) is 0 Å². The van der Waals surface area contributed by atoms with Crippen molar-refractivity contribution in [3.05, 3.63) is 77.2 Å². The van der Waals surface area contributed by atoms with E-state index in [1.54, 1.807) is 6.20 Å². The molecule has 0 saturated carbocycles. The van der Waals surface area contributed by atoms with Gasteiger partial charge in [-0.25, -0.2) is 4.39 Å². The third kappa shape index (κ3) is 2.11. The van der Waals surface area contributed by atoms with E-state index in [4.69, 9.17) is 0 Å². The summed E-state index contributed by atoms with van der Waals surface area (Å²) in [6.45, 7) is 2.01. The lowest BCUT2D eigenvalue weighted by atomic mass is 9.85. The first-order chi connectivity index (χ1) is 9.66. The van der Waals surface area contributed by atoms with Crippen LogP contribution in [-0.4, -0.2) is 5.78 Å². The number of nitrogens with one attached hydrogen (secondary N) is 1. The third-order valence-electron chi connectivity index (χ3n) is 3.65. The van der Waals surface area contributed by atoms with E-state index in [0.717, 1.165) is 11.3 Å². The Morgan fingerprint density at radius 3 is 2.55 bits per heavy atom. The van der Waals surface area contributed by atoms with Crippen molar-refractivity contribution < 1.29 is 9.18 Å². The number of carbonyl (C=O) groups excluding carboxylic acids is 1. The highest BCUT2D eigenvalue weighted by Crippen LogP contribution is 2.35. The minimum atomic E-state index is -0.337. The molecule has 0 aromatic heterocycles. The van der Waals surface area contributed by atoms with Gasteiger partial charge < -0.3 is 5.32 Å². The van der Waals surface area contributed by atoms with Crippen molar-refractivity contribution in [2.24, 2.45) is 0 Å². The van der Waals surface area contributed by atoms with Crippen LogP contribution in [0, 0.1) is 5.82 Å². The van der Waals surface area contributed by atoms with Crippen LogP contribution in [0.15, 0.2) is 60.3 Å². The topological polar surface area (TPSA) is 29.1 Å². The van der Waals surface area contributed by atoms with Crippen molar-refractivity contribution >= 4 is 11.5 Å². The minimum absolute atomic E-state index is 0.0185. The van der Waals surface area contributed by atoms with Crippen molar-refractivity contribution in [2.45, 2.75) is 12.8 Å². The second-order valence-corrected chi connectivity index (χ2v) is 4.89. The summed E-state index contributed by atoms with van der Waals surface area (Å²) in [6, 6.07) is 13.6. The largest absolute Gasteiger partial charge is 0.361 e.